The van der Waals surface area contributed by atoms with Crippen molar-refractivity contribution < 1.29 is 13.2 Å². The molecule has 138 valence electrons. The Labute approximate surface area is 151 Å². The lowest BCUT2D eigenvalue weighted by atomic mass is 10.0. The summed E-state index contributed by atoms with van der Waals surface area (Å²) in [5, 5.41) is -0.312. The van der Waals surface area contributed by atoms with Crippen LogP contribution in [0.1, 0.15) is 45.1 Å². The van der Waals surface area contributed by atoms with Gasteiger partial charge in [0.05, 0.1) is 11.0 Å². The Morgan fingerprint density at radius 2 is 1.68 bits per heavy atom. The number of Topliss-reactive ketones (excluding diaryl/α,β-unsaturated/α-hetero) is 1. The minimum atomic E-state index is -2.95. The van der Waals surface area contributed by atoms with E-state index in [4.69, 9.17) is 0 Å². The highest BCUT2D eigenvalue weighted by atomic mass is 32.2. The number of sulfone groups is 1. The maximum Gasteiger partial charge on any atom is 0.152 e. The number of benzene rings is 1. The molecule has 0 saturated carbocycles. The van der Waals surface area contributed by atoms with Crippen molar-refractivity contribution in [3.8, 4) is 0 Å². The molecule has 0 amide bonds. The molecule has 1 aliphatic rings. The number of unbranched alkanes of at least 4 members (excludes halogenated alkanes) is 2. The van der Waals surface area contributed by atoms with E-state index >= 15 is 0 Å². The zero-order valence-electron chi connectivity index (χ0n) is 15.3. The third-order valence-electron chi connectivity index (χ3n) is 4.62. The molecule has 0 aliphatic carbocycles. The summed E-state index contributed by atoms with van der Waals surface area (Å²) in [5.41, 5.74) is 2.23. The maximum atomic E-state index is 12.1. The van der Waals surface area contributed by atoms with E-state index < -0.39 is 9.84 Å². The number of hydrogen-bond acceptors (Lipinski definition) is 4. The van der Waals surface area contributed by atoms with Gasteiger partial charge in [-0.2, -0.15) is 0 Å². The fourth-order valence-electron chi connectivity index (χ4n) is 2.87. The van der Waals surface area contributed by atoms with Crippen LogP contribution in [0, 0.1) is 0 Å². The van der Waals surface area contributed by atoms with Crippen molar-refractivity contribution in [1.29, 1.82) is 0 Å². The molecule has 0 bridgehead atoms. The molecular formula is C20H29NO3S. The molecule has 1 aromatic carbocycles. The average molecular weight is 364 g/mol. The molecule has 1 heterocycles. The van der Waals surface area contributed by atoms with Gasteiger partial charge in [0, 0.05) is 31.6 Å². The summed E-state index contributed by atoms with van der Waals surface area (Å²) in [7, 11) is -2.95. The van der Waals surface area contributed by atoms with E-state index in [1.165, 1.54) is 5.69 Å². The van der Waals surface area contributed by atoms with E-state index in [9.17, 15) is 13.2 Å². The molecule has 0 fully saturated rings. The summed E-state index contributed by atoms with van der Waals surface area (Å²) in [6.45, 7) is 5.32. The second kappa shape index (κ2) is 9.18. The lowest BCUT2D eigenvalue weighted by molar-refractivity contribution is -0.118. The van der Waals surface area contributed by atoms with Crippen LogP contribution in [0.15, 0.2) is 36.4 Å². The SMILES string of the molecule is CC(C)S(=O)(=O)CCCCCC(=O)Cc1ccc(N2CC=CC2)cc1. The molecule has 25 heavy (non-hydrogen) atoms. The number of carbonyl (C=O) groups is 1. The van der Waals surface area contributed by atoms with Crippen molar-refractivity contribution in [2.45, 2.75) is 51.2 Å². The molecule has 0 aromatic heterocycles. The maximum absolute atomic E-state index is 12.1. The summed E-state index contributed by atoms with van der Waals surface area (Å²) in [4.78, 5) is 14.4. The zero-order valence-corrected chi connectivity index (χ0v) is 16.1. The predicted molar refractivity (Wildman–Crippen MR) is 104 cm³/mol. The van der Waals surface area contributed by atoms with Gasteiger partial charge < -0.3 is 4.90 Å². The molecule has 0 spiro atoms. The highest BCUT2D eigenvalue weighted by Crippen LogP contribution is 2.18. The van der Waals surface area contributed by atoms with Gasteiger partial charge in [-0.25, -0.2) is 8.42 Å². The molecular weight excluding hydrogens is 334 g/mol. The van der Waals surface area contributed by atoms with Crippen molar-refractivity contribution in [1.82, 2.24) is 0 Å². The number of carbonyl (C=O) groups excluding carboxylic acids is 1. The molecule has 1 aliphatic heterocycles. The van der Waals surface area contributed by atoms with E-state index in [0.29, 0.717) is 19.3 Å². The van der Waals surface area contributed by atoms with Gasteiger partial charge in [-0.1, -0.05) is 30.7 Å². The molecule has 0 radical (unpaired) electrons. The number of nitrogens with zero attached hydrogens (tertiary/aromatic N) is 1. The van der Waals surface area contributed by atoms with Gasteiger partial charge in [0.25, 0.3) is 0 Å². The lowest BCUT2D eigenvalue weighted by Crippen LogP contribution is -2.18. The Hall–Kier alpha value is -1.62. The number of hydrogen-bond donors (Lipinski definition) is 0. The first-order chi connectivity index (χ1) is 11.9. The largest absolute Gasteiger partial charge is 0.364 e. The smallest absolute Gasteiger partial charge is 0.152 e. The van der Waals surface area contributed by atoms with Crippen LogP contribution in [0.2, 0.25) is 0 Å². The molecule has 0 N–H and O–H groups in total. The third-order valence-corrected chi connectivity index (χ3v) is 6.92. The Morgan fingerprint density at radius 3 is 2.28 bits per heavy atom. The molecule has 0 unspecified atom stereocenters. The summed E-state index contributed by atoms with van der Waals surface area (Å²) < 4.78 is 23.4. The molecule has 0 atom stereocenters. The second-order valence-electron chi connectivity index (χ2n) is 6.98. The van der Waals surface area contributed by atoms with Crippen molar-refractivity contribution in [3.05, 3.63) is 42.0 Å². The first kappa shape index (κ1) is 19.7. The van der Waals surface area contributed by atoms with Gasteiger partial charge in [-0.15, -0.1) is 0 Å². The van der Waals surface area contributed by atoms with Gasteiger partial charge >= 0.3 is 0 Å². The Morgan fingerprint density at radius 1 is 1.04 bits per heavy atom. The molecule has 5 heteroatoms. The second-order valence-corrected chi connectivity index (χ2v) is 9.66. The molecule has 4 nitrogen and oxygen atoms in total. The van der Waals surface area contributed by atoms with Gasteiger partial charge in [0.2, 0.25) is 0 Å². The monoisotopic (exact) mass is 363 g/mol. The van der Waals surface area contributed by atoms with E-state index in [-0.39, 0.29) is 16.8 Å². The highest BCUT2D eigenvalue weighted by molar-refractivity contribution is 7.91. The quantitative estimate of drug-likeness (QED) is 0.471. The van der Waals surface area contributed by atoms with Crippen LogP contribution in [0.25, 0.3) is 0 Å². The molecule has 2 rings (SSSR count). The lowest BCUT2D eigenvalue weighted by Gasteiger charge is -2.17. The third kappa shape index (κ3) is 6.31. The number of ketones is 1. The highest BCUT2D eigenvalue weighted by Gasteiger charge is 2.15. The van der Waals surface area contributed by atoms with Gasteiger partial charge in [0.1, 0.15) is 5.78 Å². The van der Waals surface area contributed by atoms with Crippen LogP contribution < -0.4 is 4.90 Å². The fourth-order valence-corrected chi connectivity index (χ4v) is 3.95. The predicted octanol–water partition coefficient (Wildman–Crippen LogP) is 3.56. The van der Waals surface area contributed by atoms with E-state index in [2.05, 4.69) is 29.2 Å². The van der Waals surface area contributed by atoms with Gasteiger partial charge in [-0.3, -0.25) is 4.79 Å². The van der Waals surface area contributed by atoms with Gasteiger partial charge in [0.15, 0.2) is 9.84 Å². The molecule has 1 aromatic rings. The van der Waals surface area contributed by atoms with E-state index in [1.807, 2.05) is 12.1 Å². The Bertz CT molecular complexity index is 682. The first-order valence-corrected chi connectivity index (χ1v) is 10.8. The van der Waals surface area contributed by atoms with Crippen molar-refractivity contribution in [2.24, 2.45) is 0 Å². The van der Waals surface area contributed by atoms with Crippen LogP contribution in [0.4, 0.5) is 5.69 Å². The average Bonchev–Trinajstić information content (AvgIpc) is 3.09. The Balaban J connectivity index is 1.66. The van der Waals surface area contributed by atoms with Gasteiger partial charge in [-0.05, 0) is 44.4 Å². The number of rotatable bonds is 10. The summed E-state index contributed by atoms with van der Waals surface area (Å²) >= 11 is 0. The summed E-state index contributed by atoms with van der Waals surface area (Å²) in [5.74, 6) is 0.452. The van der Waals surface area contributed by atoms with Crippen molar-refractivity contribution in [2.75, 3.05) is 23.7 Å². The van der Waals surface area contributed by atoms with E-state index in [0.717, 1.165) is 31.5 Å². The van der Waals surface area contributed by atoms with Crippen molar-refractivity contribution >= 4 is 21.3 Å². The Kier molecular flexibility index (Phi) is 7.24. The topological polar surface area (TPSA) is 54.5 Å². The summed E-state index contributed by atoms with van der Waals surface area (Å²) in [6.07, 6.45) is 7.50. The van der Waals surface area contributed by atoms with Crippen molar-refractivity contribution in [3.63, 3.8) is 0 Å². The zero-order chi connectivity index (χ0) is 18.3. The number of anilines is 1. The molecule has 0 saturated heterocycles. The van der Waals surface area contributed by atoms with Crippen LogP contribution in [-0.2, 0) is 21.1 Å². The normalized spacial score (nSPS) is 14.4. The summed E-state index contributed by atoms with van der Waals surface area (Å²) in [6, 6.07) is 8.21. The van der Waals surface area contributed by atoms with Crippen LogP contribution in [0.3, 0.4) is 0 Å². The van der Waals surface area contributed by atoms with Crippen LogP contribution in [0.5, 0.6) is 0 Å². The van der Waals surface area contributed by atoms with Crippen LogP contribution >= 0.6 is 0 Å². The fraction of sp³-hybridized carbons (Fsp3) is 0.550. The van der Waals surface area contributed by atoms with E-state index in [1.54, 1.807) is 13.8 Å². The first-order valence-electron chi connectivity index (χ1n) is 9.10. The van der Waals surface area contributed by atoms with Crippen LogP contribution in [-0.4, -0.2) is 38.3 Å². The standard InChI is InChI=1S/C20H29NO3S/c1-17(2)25(23,24)15-7-3-4-8-20(22)16-18-9-11-19(12-10-18)21-13-5-6-14-21/h5-6,9-12,17H,3-4,7-8,13-16H2,1-2H3. The minimum Gasteiger partial charge on any atom is -0.364 e. The minimum absolute atomic E-state index is 0.224.